The van der Waals surface area contributed by atoms with Crippen LogP contribution in [0.3, 0.4) is 0 Å². The van der Waals surface area contributed by atoms with E-state index in [-0.39, 0.29) is 34.4 Å². The predicted octanol–water partition coefficient (Wildman–Crippen LogP) is 4.81. The number of fused-ring (bicyclic) bond motifs is 2. The fourth-order valence-electron chi connectivity index (χ4n) is 4.58. The summed E-state index contributed by atoms with van der Waals surface area (Å²) in [6.07, 6.45) is 1.24. The van der Waals surface area contributed by atoms with E-state index in [0.717, 1.165) is 27.3 Å². The van der Waals surface area contributed by atoms with Crippen LogP contribution in [-0.4, -0.2) is 57.7 Å². The van der Waals surface area contributed by atoms with Crippen LogP contribution in [0, 0.1) is 5.82 Å². The maximum atomic E-state index is 15.9. The summed E-state index contributed by atoms with van der Waals surface area (Å²) in [5.74, 6) is -0.768. The molecule has 1 fully saturated rings. The number of amides is 1. The zero-order chi connectivity index (χ0) is 24.0. The van der Waals surface area contributed by atoms with E-state index in [2.05, 4.69) is 11.0 Å². The van der Waals surface area contributed by atoms with Gasteiger partial charge in [0.1, 0.15) is 16.3 Å². The minimum atomic E-state index is -0.556. The van der Waals surface area contributed by atoms with Crippen molar-refractivity contribution in [3.63, 3.8) is 0 Å². The van der Waals surface area contributed by atoms with Crippen molar-refractivity contribution in [2.24, 2.45) is 0 Å². The standard InChI is InChI=1S/C25H21ClFN3O3S/c1-2-21(33)30-8-7-29(12-15(30)13-31)25-19-11-20(26)22(23(27)24(19)28-34-25)18-10-16(32)9-14-5-3-4-6-17(14)18/h2-6,9-11,15,31-32H,1,7-8,12-13H2/t15-/m0/s1. The van der Waals surface area contributed by atoms with E-state index >= 15 is 4.39 Å². The van der Waals surface area contributed by atoms with Gasteiger partial charge >= 0.3 is 0 Å². The molecule has 0 bridgehead atoms. The van der Waals surface area contributed by atoms with Crippen molar-refractivity contribution in [3.05, 3.63) is 66.0 Å². The Balaban J connectivity index is 1.59. The molecule has 0 saturated carbocycles. The van der Waals surface area contributed by atoms with Crippen LogP contribution in [0.1, 0.15) is 0 Å². The van der Waals surface area contributed by atoms with E-state index in [1.807, 2.05) is 29.2 Å². The molecule has 1 saturated heterocycles. The number of aliphatic hydroxyl groups is 1. The lowest BCUT2D eigenvalue weighted by Crippen LogP contribution is -2.56. The van der Waals surface area contributed by atoms with Crippen molar-refractivity contribution in [2.45, 2.75) is 6.04 Å². The van der Waals surface area contributed by atoms with Gasteiger partial charge in [-0.1, -0.05) is 42.4 Å². The predicted molar refractivity (Wildman–Crippen MR) is 134 cm³/mol. The van der Waals surface area contributed by atoms with Gasteiger partial charge in [-0.2, -0.15) is 4.37 Å². The van der Waals surface area contributed by atoms with Crippen molar-refractivity contribution in [2.75, 3.05) is 31.1 Å². The molecule has 1 aliphatic rings. The van der Waals surface area contributed by atoms with Gasteiger partial charge in [0.05, 0.1) is 17.7 Å². The number of piperazine rings is 1. The maximum absolute atomic E-state index is 15.9. The van der Waals surface area contributed by atoms with Crippen LogP contribution in [0.5, 0.6) is 5.75 Å². The number of aliphatic hydroxyl groups excluding tert-OH is 1. The number of anilines is 1. The summed E-state index contributed by atoms with van der Waals surface area (Å²) in [5.41, 5.74) is 0.871. The van der Waals surface area contributed by atoms with Gasteiger partial charge in [-0.25, -0.2) is 4.39 Å². The molecule has 6 nitrogen and oxygen atoms in total. The number of halogens is 2. The first-order chi connectivity index (χ1) is 16.4. The second-order valence-corrected chi connectivity index (χ2v) is 9.32. The lowest BCUT2D eigenvalue weighted by atomic mass is 9.96. The van der Waals surface area contributed by atoms with Crippen LogP contribution in [0.4, 0.5) is 9.39 Å². The Bertz CT molecular complexity index is 1440. The molecule has 4 aromatic rings. The minimum Gasteiger partial charge on any atom is -0.508 e. The minimum absolute atomic E-state index is 0.0187. The number of benzene rings is 3. The number of aromatic nitrogens is 1. The number of hydrogen-bond donors (Lipinski definition) is 2. The van der Waals surface area contributed by atoms with Gasteiger partial charge in [-0.15, -0.1) is 0 Å². The van der Waals surface area contributed by atoms with E-state index < -0.39 is 11.9 Å². The number of hydrogen-bond acceptors (Lipinski definition) is 6. The summed E-state index contributed by atoms with van der Waals surface area (Å²) in [4.78, 5) is 15.7. The van der Waals surface area contributed by atoms with Crippen LogP contribution in [0.25, 0.3) is 32.8 Å². The fourth-order valence-corrected chi connectivity index (χ4v) is 5.76. The van der Waals surface area contributed by atoms with Crippen LogP contribution in [-0.2, 0) is 4.79 Å². The highest BCUT2D eigenvalue weighted by atomic mass is 35.5. The van der Waals surface area contributed by atoms with Crippen molar-refractivity contribution >= 4 is 55.7 Å². The Hall–Kier alpha value is -3.20. The lowest BCUT2D eigenvalue weighted by molar-refractivity contribution is -0.129. The van der Waals surface area contributed by atoms with Gasteiger partial charge in [0.25, 0.3) is 0 Å². The number of nitrogens with zero attached hydrogens (tertiary/aromatic N) is 3. The van der Waals surface area contributed by atoms with E-state index in [9.17, 15) is 15.0 Å². The molecule has 1 atom stereocenters. The normalized spacial score (nSPS) is 16.4. The Kier molecular flexibility index (Phi) is 5.89. The summed E-state index contributed by atoms with van der Waals surface area (Å²) in [6, 6.07) is 11.8. The molecule has 5 rings (SSSR count). The highest BCUT2D eigenvalue weighted by Crippen LogP contribution is 2.44. The fraction of sp³-hybridized carbons (Fsp3) is 0.200. The topological polar surface area (TPSA) is 76.9 Å². The highest BCUT2D eigenvalue weighted by Gasteiger charge is 2.31. The molecule has 174 valence electrons. The largest absolute Gasteiger partial charge is 0.508 e. The number of aromatic hydroxyl groups is 1. The Labute approximate surface area is 204 Å². The average Bonchev–Trinajstić information content (AvgIpc) is 3.27. The Morgan fingerprint density at radius 2 is 2.06 bits per heavy atom. The number of carbonyl (C=O) groups excluding carboxylic acids is 1. The second kappa shape index (κ2) is 8.87. The third-order valence-corrected chi connectivity index (χ3v) is 7.42. The van der Waals surface area contributed by atoms with Crippen molar-refractivity contribution in [1.29, 1.82) is 0 Å². The molecule has 0 radical (unpaired) electrons. The summed E-state index contributed by atoms with van der Waals surface area (Å²) < 4.78 is 20.3. The summed E-state index contributed by atoms with van der Waals surface area (Å²) in [7, 11) is 0. The Morgan fingerprint density at radius 1 is 1.26 bits per heavy atom. The van der Waals surface area contributed by atoms with E-state index in [1.54, 1.807) is 17.0 Å². The first-order valence-corrected chi connectivity index (χ1v) is 11.9. The SMILES string of the molecule is C=CC(=O)N1CCN(c2snc3c(F)c(-c4cc(O)cc5ccccc45)c(Cl)cc23)C[C@H]1CO. The van der Waals surface area contributed by atoms with Gasteiger partial charge in [0, 0.05) is 30.6 Å². The first-order valence-electron chi connectivity index (χ1n) is 10.7. The number of rotatable bonds is 4. The van der Waals surface area contributed by atoms with Gasteiger partial charge in [-0.3, -0.25) is 4.79 Å². The average molecular weight is 498 g/mol. The van der Waals surface area contributed by atoms with Crippen molar-refractivity contribution in [1.82, 2.24) is 9.27 Å². The van der Waals surface area contributed by atoms with Gasteiger partial charge in [0.15, 0.2) is 5.82 Å². The molecule has 1 aromatic heterocycles. The lowest BCUT2D eigenvalue weighted by Gasteiger charge is -2.40. The van der Waals surface area contributed by atoms with Gasteiger partial charge in [0.2, 0.25) is 5.91 Å². The molecular formula is C25H21ClFN3O3S. The van der Waals surface area contributed by atoms with Crippen LogP contribution in [0.2, 0.25) is 5.02 Å². The summed E-state index contributed by atoms with van der Waals surface area (Å²) >= 11 is 7.79. The van der Waals surface area contributed by atoms with Gasteiger partial charge in [-0.05, 0) is 52.1 Å². The van der Waals surface area contributed by atoms with Crippen LogP contribution >= 0.6 is 23.1 Å². The zero-order valence-corrected chi connectivity index (χ0v) is 19.6. The molecule has 0 unspecified atom stereocenters. The van der Waals surface area contributed by atoms with E-state index in [0.29, 0.717) is 30.6 Å². The summed E-state index contributed by atoms with van der Waals surface area (Å²) in [5, 5.41) is 23.1. The third-order valence-electron chi connectivity index (χ3n) is 6.20. The smallest absolute Gasteiger partial charge is 0.246 e. The van der Waals surface area contributed by atoms with Gasteiger partial charge < -0.3 is 20.0 Å². The van der Waals surface area contributed by atoms with Crippen molar-refractivity contribution in [3.8, 4) is 16.9 Å². The number of phenols is 1. The quantitative estimate of drug-likeness (QED) is 0.396. The highest BCUT2D eigenvalue weighted by molar-refractivity contribution is 7.11. The second-order valence-electron chi connectivity index (χ2n) is 8.16. The zero-order valence-electron chi connectivity index (χ0n) is 18.0. The molecule has 1 aliphatic heterocycles. The molecule has 0 aliphatic carbocycles. The molecule has 1 amide bonds. The molecule has 0 spiro atoms. The van der Waals surface area contributed by atoms with E-state index in [4.69, 9.17) is 11.6 Å². The maximum Gasteiger partial charge on any atom is 0.246 e. The van der Waals surface area contributed by atoms with Crippen LogP contribution < -0.4 is 4.90 Å². The molecule has 34 heavy (non-hydrogen) atoms. The Morgan fingerprint density at radius 3 is 2.82 bits per heavy atom. The monoisotopic (exact) mass is 497 g/mol. The first kappa shape index (κ1) is 22.6. The summed E-state index contributed by atoms with van der Waals surface area (Å²) in [6.45, 7) is 4.62. The number of phenolic OH excluding ortho intramolecular Hbond substituents is 1. The van der Waals surface area contributed by atoms with Crippen LogP contribution in [0.15, 0.2) is 55.1 Å². The van der Waals surface area contributed by atoms with E-state index in [1.165, 1.54) is 12.1 Å². The molecule has 3 aromatic carbocycles. The molecular weight excluding hydrogens is 477 g/mol. The van der Waals surface area contributed by atoms with Crippen molar-refractivity contribution < 1.29 is 19.4 Å². The number of carbonyl (C=O) groups is 1. The molecule has 9 heteroatoms. The molecule has 2 heterocycles. The molecule has 2 N–H and O–H groups in total. The third kappa shape index (κ3) is 3.68.